The molecule has 3 nitrogen and oxygen atoms in total. The van der Waals surface area contributed by atoms with Crippen LogP contribution in [0.5, 0.6) is 0 Å². The Morgan fingerprint density at radius 2 is 2.36 bits per heavy atom. The van der Waals surface area contributed by atoms with Crippen molar-refractivity contribution in [3.05, 3.63) is 36.2 Å². The van der Waals surface area contributed by atoms with Gasteiger partial charge in [0.2, 0.25) is 0 Å². The molecule has 56 valence electrons. The molecule has 0 bridgehead atoms. The number of rotatable bonds is 0. The fraction of sp³-hybridized carbons (Fsp3) is 0.125. The number of hydrogen-bond acceptors (Lipinski definition) is 1. The minimum absolute atomic E-state index is 0.0527. The standard InChI is InChI=1S/C8H8N2O/c11-8-9-5-4-7-3-1-2-6-10(7)8/h1-4,6H,5H2,(H,9,11). The average molecular weight is 148 g/mol. The first-order chi connectivity index (χ1) is 5.38. The number of allylic oxidation sites excluding steroid dienone is 3. The second-order valence-corrected chi connectivity index (χ2v) is 2.39. The van der Waals surface area contributed by atoms with Crippen LogP contribution in [-0.4, -0.2) is 17.5 Å². The first kappa shape index (κ1) is 6.22. The van der Waals surface area contributed by atoms with Crippen LogP contribution in [0.4, 0.5) is 4.79 Å². The summed E-state index contributed by atoms with van der Waals surface area (Å²) in [6, 6.07) is -0.0527. The zero-order chi connectivity index (χ0) is 7.68. The molecule has 2 rings (SSSR count). The van der Waals surface area contributed by atoms with E-state index in [1.807, 2.05) is 24.3 Å². The van der Waals surface area contributed by atoms with E-state index in [4.69, 9.17) is 0 Å². The molecular formula is C8H8N2O. The number of fused-ring (bicyclic) bond motifs is 1. The van der Waals surface area contributed by atoms with E-state index in [-0.39, 0.29) is 6.03 Å². The summed E-state index contributed by atoms with van der Waals surface area (Å²) in [6.07, 6.45) is 9.39. The predicted octanol–water partition coefficient (Wildman–Crippen LogP) is 0.979. The molecule has 0 aliphatic carbocycles. The van der Waals surface area contributed by atoms with Crippen LogP contribution in [0.2, 0.25) is 0 Å². The van der Waals surface area contributed by atoms with Gasteiger partial charge in [0.15, 0.2) is 0 Å². The topological polar surface area (TPSA) is 32.3 Å². The number of nitrogens with zero attached hydrogens (tertiary/aromatic N) is 1. The molecule has 0 aromatic rings. The third-order valence-electron chi connectivity index (χ3n) is 1.67. The van der Waals surface area contributed by atoms with Crippen molar-refractivity contribution < 1.29 is 4.79 Å². The van der Waals surface area contributed by atoms with E-state index in [0.29, 0.717) is 6.54 Å². The Morgan fingerprint density at radius 1 is 1.45 bits per heavy atom. The Morgan fingerprint density at radius 3 is 3.18 bits per heavy atom. The van der Waals surface area contributed by atoms with E-state index in [1.165, 1.54) is 0 Å². The largest absolute Gasteiger partial charge is 0.334 e. The smallest absolute Gasteiger partial charge is 0.326 e. The fourth-order valence-corrected chi connectivity index (χ4v) is 1.14. The molecule has 0 fully saturated rings. The van der Waals surface area contributed by atoms with E-state index in [9.17, 15) is 4.79 Å². The second kappa shape index (κ2) is 2.27. The summed E-state index contributed by atoms with van der Waals surface area (Å²) in [7, 11) is 0. The normalized spacial score (nSPS) is 20.9. The number of carbonyl (C=O) groups is 1. The Hall–Kier alpha value is -1.51. The predicted molar refractivity (Wildman–Crippen MR) is 41.6 cm³/mol. The Bertz CT molecular complexity index is 276. The maximum Gasteiger partial charge on any atom is 0.326 e. The van der Waals surface area contributed by atoms with Crippen LogP contribution in [0.15, 0.2) is 36.2 Å². The minimum Gasteiger partial charge on any atom is -0.334 e. The number of carbonyl (C=O) groups excluding carboxylic acids is 1. The number of urea groups is 1. The highest BCUT2D eigenvalue weighted by atomic mass is 16.2. The molecule has 0 spiro atoms. The number of nitrogens with one attached hydrogen (secondary N) is 1. The maximum atomic E-state index is 11.1. The molecule has 0 saturated heterocycles. The quantitative estimate of drug-likeness (QED) is 0.545. The molecule has 0 unspecified atom stereocenters. The molecule has 0 aromatic heterocycles. The minimum atomic E-state index is -0.0527. The van der Waals surface area contributed by atoms with Gasteiger partial charge in [-0.2, -0.15) is 0 Å². The van der Waals surface area contributed by atoms with Gasteiger partial charge in [0.05, 0.1) is 0 Å². The third-order valence-corrected chi connectivity index (χ3v) is 1.67. The summed E-state index contributed by atoms with van der Waals surface area (Å²) in [5.74, 6) is 0. The van der Waals surface area contributed by atoms with Crippen LogP contribution < -0.4 is 5.32 Å². The van der Waals surface area contributed by atoms with Gasteiger partial charge in [0.25, 0.3) is 0 Å². The van der Waals surface area contributed by atoms with Crippen LogP contribution in [0.1, 0.15) is 0 Å². The highest BCUT2D eigenvalue weighted by Crippen LogP contribution is 2.14. The molecule has 0 saturated carbocycles. The molecule has 3 heteroatoms. The second-order valence-electron chi connectivity index (χ2n) is 2.39. The Balaban J connectivity index is 2.36. The van der Waals surface area contributed by atoms with E-state index < -0.39 is 0 Å². The van der Waals surface area contributed by atoms with Gasteiger partial charge in [0.1, 0.15) is 0 Å². The fourth-order valence-electron chi connectivity index (χ4n) is 1.14. The van der Waals surface area contributed by atoms with E-state index in [1.54, 1.807) is 11.1 Å². The Labute approximate surface area is 64.7 Å². The molecular weight excluding hydrogens is 140 g/mol. The molecule has 2 aliphatic heterocycles. The van der Waals surface area contributed by atoms with Gasteiger partial charge in [-0.05, 0) is 18.2 Å². The zero-order valence-corrected chi connectivity index (χ0v) is 5.95. The van der Waals surface area contributed by atoms with Crippen molar-refractivity contribution in [2.75, 3.05) is 6.54 Å². The summed E-state index contributed by atoms with van der Waals surface area (Å²) >= 11 is 0. The van der Waals surface area contributed by atoms with E-state index in [0.717, 1.165) is 5.70 Å². The lowest BCUT2D eigenvalue weighted by Gasteiger charge is -2.25. The Kier molecular flexibility index (Phi) is 1.28. The van der Waals surface area contributed by atoms with Crippen molar-refractivity contribution in [2.24, 2.45) is 0 Å². The van der Waals surface area contributed by atoms with Gasteiger partial charge >= 0.3 is 6.03 Å². The van der Waals surface area contributed by atoms with Crippen LogP contribution in [0.3, 0.4) is 0 Å². The average Bonchev–Trinajstić information content (AvgIpc) is 2.06. The first-order valence-electron chi connectivity index (χ1n) is 3.50. The molecule has 11 heavy (non-hydrogen) atoms. The van der Waals surface area contributed by atoms with Gasteiger partial charge in [-0.3, -0.25) is 4.90 Å². The van der Waals surface area contributed by atoms with Crippen LogP contribution >= 0.6 is 0 Å². The molecule has 0 radical (unpaired) electrons. The molecule has 2 amide bonds. The van der Waals surface area contributed by atoms with E-state index >= 15 is 0 Å². The van der Waals surface area contributed by atoms with Crippen molar-refractivity contribution in [3.8, 4) is 0 Å². The highest BCUT2D eigenvalue weighted by molar-refractivity contribution is 5.79. The summed E-state index contributed by atoms with van der Waals surface area (Å²) in [5, 5.41) is 2.71. The number of hydrogen-bond donors (Lipinski definition) is 1. The van der Waals surface area contributed by atoms with Gasteiger partial charge in [-0.1, -0.05) is 6.08 Å². The van der Waals surface area contributed by atoms with Gasteiger partial charge < -0.3 is 5.32 Å². The van der Waals surface area contributed by atoms with Crippen molar-refractivity contribution >= 4 is 6.03 Å². The van der Waals surface area contributed by atoms with Crippen LogP contribution in [-0.2, 0) is 0 Å². The van der Waals surface area contributed by atoms with Crippen molar-refractivity contribution in [1.29, 1.82) is 0 Å². The lowest BCUT2D eigenvalue weighted by atomic mass is 10.2. The molecule has 0 aromatic carbocycles. The monoisotopic (exact) mass is 148 g/mol. The molecule has 2 aliphatic rings. The zero-order valence-electron chi connectivity index (χ0n) is 5.95. The lowest BCUT2D eigenvalue weighted by Crippen LogP contribution is -2.40. The van der Waals surface area contributed by atoms with E-state index in [2.05, 4.69) is 5.32 Å². The van der Waals surface area contributed by atoms with Crippen LogP contribution in [0, 0.1) is 0 Å². The lowest BCUT2D eigenvalue weighted by molar-refractivity contribution is 0.223. The van der Waals surface area contributed by atoms with Crippen molar-refractivity contribution in [3.63, 3.8) is 0 Å². The summed E-state index contributed by atoms with van der Waals surface area (Å²) in [6.45, 7) is 0.628. The van der Waals surface area contributed by atoms with Crippen molar-refractivity contribution in [1.82, 2.24) is 10.2 Å². The third kappa shape index (κ3) is 0.941. The molecule has 1 N–H and O–H groups in total. The molecule has 0 atom stereocenters. The summed E-state index contributed by atoms with van der Waals surface area (Å²) < 4.78 is 0. The van der Waals surface area contributed by atoms with Gasteiger partial charge in [0, 0.05) is 18.4 Å². The van der Waals surface area contributed by atoms with Crippen LogP contribution in [0.25, 0.3) is 0 Å². The van der Waals surface area contributed by atoms with Crippen molar-refractivity contribution in [2.45, 2.75) is 0 Å². The highest BCUT2D eigenvalue weighted by Gasteiger charge is 2.17. The van der Waals surface area contributed by atoms with Gasteiger partial charge in [-0.25, -0.2) is 4.79 Å². The SMILES string of the molecule is O=C1NCC=C2C=CC=CN12. The first-order valence-corrected chi connectivity index (χ1v) is 3.50. The maximum absolute atomic E-state index is 11.1. The number of amides is 2. The van der Waals surface area contributed by atoms with Gasteiger partial charge in [-0.15, -0.1) is 0 Å². The molecule has 2 heterocycles. The summed E-state index contributed by atoms with van der Waals surface area (Å²) in [5.41, 5.74) is 0.955. The summed E-state index contributed by atoms with van der Waals surface area (Å²) in [4.78, 5) is 12.7.